The Morgan fingerprint density at radius 1 is 0.852 bits per heavy atom. The predicted octanol–water partition coefficient (Wildman–Crippen LogP) is 7.01. The predicted molar refractivity (Wildman–Crippen MR) is 117 cm³/mol. The first-order valence-electron chi connectivity index (χ1n) is 9.14. The zero-order chi connectivity index (χ0) is 18.9. The Bertz CT molecular complexity index is 660. The molecular formula is C25H29PZr-4. The van der Waals surface area contributed by atoms with E-state index in [0.29, 0.717) is 5.66 Å². The van der Waals surface area contributed by atoms with Crippen LogP contribution in [0.5, 0.6) is 0 Å². The minimum absolute atomic E-state index is 0. The Morgan fingerprint density at radius 2 is 1.33 bits per heavy atom. The quantitative estimate of drug-likeness (QED) is 0.290. The number of hydrogen-bond acceptors (Lipinski definition) is 0. The molecule has 3 aromatic rings. The van der Waals surface area contributed by atoms with Crippen molar-refractivity contribution in [3.8, 4) is 0 Å². The molecule has 0 bridgehead atoms. The Hall–Kier alpha value is -1.03. The summed E-state index contributed by atoms with van der Waals surface area (Å²) in [6.45, 7) is 8.96. The Balaban J connectivity index is 0.000000270. The van der Waals surface area contributed by atoms with Crippen molar-refractivity contribution in [3.63, 3.8) is 0 Å². The van der Waals surface area contributed by atoms with E-state index in [2.05, 4.69) is 70.2 Å². The van der Waals surface area contributed by atoms with Crippen LogP contribution in [-0.2, 0) is 31.6 Å². The first-order valence-corrected chi connectivity index (χ1v) is 10.1. The van der Waals surface area contributed by atoms with E-state index in [0.717, 1.165) is 0 Å². The summed E-state index contributed by atoms with van der Waals surface area (Å²) in [5.41, 5.74) is 2.56. The van der Waals surface area contributed by atoms with Crippen molar-refractivity contribution in [2.24, 2.45) is 5.41 Å². The third-order valence-electron chi connectivity index (χ3n) is 4.06. The molecule has 0 spiro atoms. The van der Waals surface area contributed by atoms with E-state index in [9.17, 15) is 0 Å². The average Bonchev–Trinajstić information content (AvgIpc) is 3.15. The molecule has 0 amide bonds. The van der Waals surface area contributed by atoms with Gasteiger partial charge in [0.2, 0.25) is 0 Å². The van der Waals surface area contributed by atoms with Crippen molar-refractivity contribution < 1.29 is 26.2 Å². The molecular weight excluding hydrogens is 422 g/mol. The van der Waals surface area contributed by atoms with Crippen LogP contribution in [0.2, 0.25) is 0 Å². The fourth-order valence-corrected chi connectivity index (χ4v) is 3.75. The summed E-state index contributed by atoms with van der Waals surface area (Å²) in [7, 11) is 1.33. The van der Waals surface area contributed by atoms with Gasteiger partial charge in [0.05, 0.1) is 0 Å². The van der Waals surface area contributed by atoms with Crippen LogP contribution in [0.4, 0.5) is 0 Å². The van der Waals surface area contributed by atoms with Crippen LogP contribution in [0.3, 0.4) is 0 Å². The van der Waals surface area contributed by atoms with Gasteiger partial charge in [0.25, 0.3) is 0 Å². The second-order valence-electron chi connectivity index (χ2n) is 7.68. The fourth-order valence-electron chi connectivity index (χ4n) is 2.42. The molecule has 0 radical (unpaired) electrons. The van der Waals surface area contributed by atoms with Crippen LogP contribution in [0.1, 0.15) is 33.3 Å². The van der Waals surface area contributed by atoms with Crippen molar-refractivity contribution in [2.75, 3.05) is 0 Å². The normalized spacial score (nSPS) is 20.5. The molecule has 0 aromatic heterocycles. The summed E-state index contributed by atoms with van der Waals surface area (Å²) >= 11 is 0. The Labute approximate surface area is 186 Å². The van der Waals surface area contributed by atoms with Crippen LogP contribution in [0.15, 0.2) is 91.0 Å². The van der Waals surface area contributed by atoms with Gasteiger partial charge in [-0.15, -0.1) is 0 Å². The van der Waals surface area contributed by atoms with Crippen LogP contribution < -0.4 is 0 Å². The molecule has 3 aromatic carbocycles. The standard InChI is InChI=1S/C15H19P.2C5H5.Zr/c1-14(2,3)11-16-13-10-15(13,4)12-8-6-5-7-9-12;2*1-2-4-5-3-1;/h5-10,13H,1-4H3;2*1-5H;/q-2;2*-1;. The molecule has 0 aliphatic heterocycles. The van der Waals surface area contributed by atoms with Gasteiger partial charge in [-0.25, -0.2) is 24.3 Å². The van der Waals surface area contributed by atoms with Crippen LogP contribution in [0, 0.1) is 11.8 Å². The molecule has 1 aliphatic carbocycles. The summed E-state index contributed by atoms with van der Waals surface area (Å²) < 4.78 is 0. The van der Waals surface area contributed by atoms with Gasteiger partial charge >= 0.3 is 0 Å². The molecule has 142 valence electrons. The van der Waals surface area contributed by atoms with Gasteiger partial charge in [-0.2, -0.15) is 52.9 Å². The summed E-state index contributed by atoms with van der Waals surface area (Å²) in [5, 5.41) is 0. The van der Waals surface area contributed by atoms with E-state index in [1.165, 1.54) is 13.8 Å². The molecule has 1 fully saturated rings. The van der Waals surface area contributed by atoms with Gasteiger partial charge < -0.3 is 20.4 Å². The van der Waals surface area contributed by atoms with Crippen molar-refractivity contribution in [1.29, 1.82) is 0 Å². The van der Waals surface area contributed by atoms with E-state index < -0.39 is 0 Å². The third kappa shape index (κ3) is 9.14. The van der Waals surface area contributed by atoms with Gasteiger partial charge in [-0.05, 0) is 0 Å². The molecule has 1 saturated carbocycles. The number of hydrogen-bond donors (Lipinski definition) is 0. The van der Waals surface area contributed by atoms with E-state index >= 15 is 0 Å². The van der Waals surface area contributed by atoms with E-state index in [-0.39, 0.29) is 37.0 Å². The molecule has 1 aliphatic rings. The average molecular weight is 452 g/mol. The molecule has 0 nitrogen and oxygen atoms in total. The molecule has 0 saturated heterocycles. The number of rotatable bonds is 2. The van der Waals surface area contributed by atoms with Crippen molar-refractivity contribution in [1.82, 2.24) is 0 Å². The second kappa shape index (κ2) is 11.7. The molecule has 27 heavy (non-hydrogen) atoms. The zero-order valence-corrected chi connectivity index (χ0v) is 20.1. The van der Waals surface area contributed by atoms with Crippen molar-refractivity contribution in [3.05, 3.63) is 103 Å². The minimum Gasteiger partial charge on any atom is -0.464 e. The molecule has 2 unspecified atom stereocenters. The monoisotopic (exact) mass is 450 g/mol. The van der Waals surface area contributed by atoms with E-state index in [1.54, 1.807) is 0 Å². The van der Waals surface area contributed by atoms with Gasteiger partial charge in [-0.3, -0.25) is 0 Å². The Morgan fingerprint density at radius 3 is 1.70 bits per heavy atom. The van der Waals surface area contributed by atoms with Crippen LogP contribution >= 0.6 is 8.20 Å². The van der Waals surface area contributed by atoms with E-state index in [1.807, 2.05) is 60.7 Å². The molecule has 2 heteroatoms. The van der Waals surface area contributed by atoms with Gasteiger partial charge in [0.15, 0.2) is 0 Å². The summed E-state index contributed by atoms with van der Waals surface area (Å²) in [6.07, 6.45) is 2.43. The maximum Gasteiger partial charge on any atom is 0 e. The van der Waals surface area contributed by atoms with Crippen molar-refractivity contribution >= 4 is 14.0 Å². The van der Waals surface area contributed by atoms with Crippen molar-refractivity contribution in [2.45, 2.75) is 38.8 Å². The molecule has 0 heterocycles. The van der Waals surface area contributed by atoms with Crippen LogP contribution in [0.25, 0.3) is 0 Å². The largest absolute Gasteiger partial charge is 0.464 e. The minimum atomic E-state index is 0. The summed E-state index contributed by atoms with van der Waals surface area (Å²) in [6, 6.07) is 30.8. The van der Waals surface area contributed by atoms with E-state index in [4.69, 9.17) is 0 Å². The molecule has 4 rings (SSSR count). The topological polar surface area (TPSA) is 0 Å². The van der Waals surface area contributed by atoms with Gasteiger partial charge in [0.1, 0.15) is 0 Å². The third-order valence-corrected chi connectivity index (χ3v) is 5.82. The van der Waals surface area contributed by atoms with Gasteiger partial charge in [-0.1, -0.05) is 63.6 Å². The SMILES string of the molecule is CC(C)(C)[C-]=PC1[CH-]C1(C)c1ccccc1.[Zr].c1cc[cH-]c1.c1cc[cH-]c1. The zero-order valence-electron chi connectivity index (χ0n) is 16.8. The maximum absolute atomic E-state index is 3.55. The molecule has 0 N–H and O–H groups in total. The fraction of sp³-hybridized carbons (Fsp3) is 0.280. The maximum atomic E-state index is 3.55. The van der Waals surface area contributed by atoms with Gasteiger partial charge in [0, 0.05) is 26.2 Å². The summed E-state index contributed by atoms with van der Waals surface area (Å²) in [5.74, 6) is 3.55. The molecule has 2 atom stereocenters. The smallest absolute Gasteiger partial charge is 0 e. The van der Waals surface area contributed by atoms with Crippen LogP contribution in [-0.4, -0.2) is 11.5 Å². The Kier molecular flexibility index (Phi) is 10.4. The first-order chi connectivity index (χ1) is 12.4. The second-order valence-corrected chi connectivity index (χ2v) is 8.71. The first kappa shape index (κ1) is 24.0. The summed E-state index contributed by atoms with van der Waals surface area (Å²) in [4.78, 5) is 0. The number of benzene rings is 1.